The van der Waals surface area contributed by atoms with Gasteiger partial charge < -0.3 is 19.4 Å². The van der Waals surface area contributed by atoms with Crippen LogP contribution in [0.5, 0.6) is 0 Å². The summed E-state index contributed by atoms with van der Waals surface area (Å²) in [7, 11) is 0. The number of carbonyl (C=O) groups excluding carboxylic acids is 2. The fourth-order valence-electron chi connectivity index (χ4n) is 3.99. The second kappa shape index (κ2) is 7.56. The first-order chi connectivity index (χ1) is 13.1. The molecule has 4 rings (SSSR count). The molecule has 6 heteroatoms. The van der Waals surface area contributed by atoms with Gasteiger partial charge in [0, 0.05) is 13.2 Å². The molecule has 6 nitrogen and oxygen atoms in total. The number of fused-ring (bicyclic) bond motifs is 1. The SMILES string of the molecule is Cc1ccc(CC(=O)N2C[C@H](C(=O)NCc3ccco3)[C@H]3OCC[C@@H]32)cc1. The van der Waals surface area contributed by atoms with Crippen molar-refractivity contribution in [2.45, 2.75) is 38.5 Å². The Balaban J connectivity index is 1.41. The van der Waals surface area contributed by atoms with E-state index in [9.17, 15) is 9.59 Å². The van der Waals surface area contributed by atoms with Crippen molar-refractivity contribution >= 4 is 11.8 Å². The number of furan rings is 1. The molecule has 0 radical (unpaired) electrons. The maximum atomic E-state index is 12.9. The summed E-state index contributed by atoms with van der Waals surface area (Å²) in [6.07, 6.45) is 2.50. The van der Waals surface area contributed by atoms with Crippen molar-refractivity contribution in [3.63, 3.8) is 0 Å². The number of nitrogens with one attached hydrogen (secondary N) is 1. The molecule has 0 saturated carbocycles. The Bertz CT molecular complexity index is 800. The van der Waals surface area contributed by atoms with E-state index in [0.29, 0.717) is 31.9 Å². The van der Waals surface area contributed by atoms with Crippen LogP contribution in [0.4, 0.5) is 0 Å². The molecule has 1 aromatic carbocycles. The van der Waals surface area contributed by atoms with Crippen molar-refractivity contribution in [3.05, 3.63) is 59.5 Å². The Labute approximate surface area is 158 Å². The van der Waals surface area contributed by atoms with E-state index < -0.39 is 0 Å². The Hall–Kier alpha value is -2.60. The van der Waals surface area contributed by atoms with Gasteiger partial charge in [-0.1, -0.05) is 29.8 Å². The Morgan fingerprint density at radius 3 is 2.78 bits per heavy atom. The minimum absolute atomic E-state index is 0.0117. The highest BCUT2D eigenvalue weighted by Crippen LogP contribution is 2.34. The van der Waals surface area contributed by atoms with Gasteiger partial charge in [-0.05, 0) is 31.0 Å². The van der Waals surface area contributed by atoms with Crippen molar-refractivity contribution in [3.8, 4) is 0 Å². The number of benzene rings is 1. The average molecular weight is 368 g/mol. The van der Waals surface area contributed by atoms with E-state index in [-0.39, 0.29) is 29.9 Å². The molecule has 3 heterocycles. The lowest BCUT2D eigenvalue weighted by atomic mass is 10.0. The third-order valence-corrected chi connectivity index (χ3v) is 5.44. The number of nitrogens with zero attached hydrogens (tertiary/aromatic N) is 1. The van der Waals surface area contributed by atoms with Gasteiger partial charge in [-0.2, -0.15) is 0 Å². The summed E-state index contributed by atoms with van der Waals surface area (Å²) in [5.74, 6) is 0.335. The first kappa shape index (κ1) is 17.8. The third-order valence-electron chi connectivity index (χ3n) is 5.44. The molecule has 0 unspecified atom stereocenters. The predicted molar refractivity (Wildman–Crippen MR) is 98.8 cm³/mol. The van der Waals surface area contributed by atoms with Crippen LogP contribution in [-0.2, 0) is 27.3 Å². The summed E-state index contributed by atoms with van der Waals surface area (Å²) in [5.41, 5.74) is 2.16. The van der Waals surface area contributed by atoms with Gasteiger partial charge in [-0.25, -0.2) is 0 Å². The van der Waals surface area contributed by atoms with Crippen LogP contribution in [0.3, 0.4) is 0 Å². The van der Waals surface area contributed by atoms with Crippen molar-refractivity contribution in [2.75, 3.05) is 13.2 Å². The van der Waals surface area contributed by atoms with E-state index in [1.165, 1.54) is 5.56 Å². The monoisotopic (exact) mass is 368 g/mol. The van der Waals surface area contributed by atoms with Crippen LogP contribution in [0, 0.1) is 12.8 Å². The van der Waals surface area contributed by atoms with Gasteiger partial charge in [0.25, 0.3) is 0 Å². The predicted octanol–water partition coefficient (Wildman–Crippen LogP) is 2.06. The summed E-state index contributed by atoms with van der Waals surface area (Å²) in [5, 5.41) is 2.90. The molecule has 27 heavy (non-hydrogen) atoms. The summed E-state index contributed by atoms with van der Waals surface area (Å²) in [4.78, 5) is 27.4. The number of hydrogen-bond acceptors (Lipinski definition) is 4. The molecule has 2 amide bonds. The smallest absolute Gasteiger partial charge is 0.227 e. The average Bonchev–Trinajstić information content (AvgIpc) is 3.39. The van der Waals surface area contributed by atoms with Crippen LogP contribution < -0.4 is 5.32 Å². The van der Waals surface area contributed by atoms with Crippen LogP contribution in [-0.4, -0.2) is 42.0 Å². The van der Waals surface area contributed by atoms with Gasteiger partial charge in [-0.15, -0.1) is 0 Å². The van der Waals surface area contributed by atoms with Gasteiger partial charge in [0.2, 0.25) is 11.8 Å². The molecule has 3 atom stereocenters. The van der Waals surface area contributed by atoms with Gasteiger partial charge >= 0.3 is 0 Å². The van der Waals surface area contributed by atoms with Crippen LogP contribution in [0.1, 0.15) is 23.3 Å². The Kier molecular flexibility index (Phi) is 4.99. The Morgan fingerprint density at radius 1 is 1.22 bits per heavy atom. The fourth-order valence-corrected chi connectivity index (χ4v) is 3.99. The number of carbonyl (C=O) groups is 2. The standard InChI is InChI=1S/C21H24N2O4/c1-14-4-6-15(7-5-14)11-19(24)23-13-17(20-18(23)8-10-27-20)21(25)22-12-16-3-2-9-26-16/h2-7,9,17-18,20H,8,10-13H2,1H3,(H,22,25)/t17-,18-,20+/m0/s1. The van der Waals surface area contributed by atoms with E-state index in [2.05, 4.69) is 5.32 Å². The summed E-state index contributed by atoms with van der Waals surface area (Å²) < 4.78 is 11.1. The van der Waals surface area contributed by atoms with E-state index in [0.717, 1.165) is 12.0 Å². The number of rotatable bonds is 5. The molecular weight excluding hydrogens is 344 g/mol. The lowest BCUT2D eigenvalue weighted by Crippen LogP contribution is -2.38. The summed E-state index contributed by atoms with van der Waals surface area (Å²) in [6.45, 7) is 3.37. The molecule has 1 aromatic heterocycles. The maximum Gasteiger partial charge on any atom is 0.227 e. The highest BCUT2D eigenvalue weighted by atomic mass is 16.5. The number of likely N-dealkylation sites (tertiary alicyclic amines) is 1. The number of aryl methyl sites for hydroxylation is 1. The third kappa shape index (κ3) is 3.76. The molecule has 142 valence electrons. The van der Waals surface area contributed by atoms with Crippen LogP contribution in [0.2, 0.25) is 0 Å². The minimum atomic E-state index is -0.338. The molecule has 2 fully saturated rings. The molecule has 0 spiro atoms. The number of amides is 2. The van der Waals surface area contributed by atoms with E-state index >= 15 is 0 Å². The maximum absolute atomic E-state index is 12.9. The minimum Gasteiger partial charge on any atom is -0.467 e. The molecule has 2 aromatic rings. The van der Waals surface area contributed by atoms with Gasteiger partial charge in [0.05, 0.1) is 37.3 Å². The molecule has 2 aliphatic rings. The summed E-state index contributed by atoms with van der Waals surface area (Å²) >= 11 is 0. The molecule has 0 bridgehead atoms. The fraction of sp³-hybridized carbons (Fsp3) is 0.429. The van der Waals surface area contributed by atoms with E-state index in [1.54, 1.807) is 12.3 Å². The largest absolute Gasteiger partial charge is 0.467 e. The molecular formula is C21H24N2O4. The van der Waals surface area contributed by atoms with Crippen molar-refractivity contribution < 1.29 is 18.7 Å². The zero-order chi connectivity index (χ0) is 18.8. The van der Waals surface area contributed by atoms with Crippen LogP contribution >= 0.6 is 0 Å². The second-order valence-electron chi connectivity index (χ2n) is 7.30. The summed E-state index contributed by atoms with van der Waals surface area (Å²) in [6, 6.07) is 11.6. The first-order valence-electron chi connectivity index (χ1n) is 9.38. The van der Waals surface area contributed by atoms with Crippen molar-refractivity contribution in [2.24, 2.45) is 5.92 Å². The number of ether oxygens (including phenoxy) is 1. The Morgan fingerprint density at radius 2 is 2.04 bits per heavy atom. The molecule has 0 aliphatic carbocycles. The molecule has 2 aliphatic heterocycles. The van der Waals surface area contributed by atoms with Gasteiger partial charge in [0.15, 0.2) is 0 Å². The molecule has 1 N–H and O–H groups in total. The van der Waals surface area contributed by atoms with Gasteiger partial charge in [-0.3, -0.25) is 9.59 Å². The second-order valence-corrected chi connectivity index (χ2v) is 7.30. The zero-order valence-electron chi connectivity index (χ0n) is 15.4. The van der Waals surface area contributed by atoms with Crippen LogP contribution in [0.25, 0.3) is 0 Å². The van der Waals surface area contributed by atoms with Crippen molar-refractivity contribution in [1.29, 1.82) is 0 Å². The highest BCUT2D eigenvalue weighted by Gasteiger charge is 2.50. The van der Waals surface area contributed by atoms with E-state index in [4.69, 9.17) is 9.15 Å². The number of hydrogen-bond donors (Lipinski definition) is 1. The first-order valence-corrected chi connectivity index (χ1v) is 9.38. The highest BCUT2D eigenvalue weighted by molar-refractivity contribution is 5.84. The van der Waals surface area contributed by atoms with E-state index in [1.807, 2.05) is 42.2 Å². The topological polar surface area (TPSA) is 71.8 Å². The lowest BCUT2D eigenvalue weighted by Gasteiger charge is -2.22. The normalized spacial score (nSPS) is 24.0. The quantitative estimate of drug-likeness (QED) is 0.877. The zero-order valence-corrected chi connectivity index (χ0v) is 15.4. The lowest BCUT2D eigenvalue weighted by molar-refractivity contribution is -0.131. The molecule has 2 saturated heterocycles. The van der Waals surface area contributed by atoms with Gasteiger partial charge in [0.1, 0.15) is 5.76 Å². The van der Waals surface area contributed by atoms with Crippen LogP contribution in [0.15, 0.2) is 47.1 Å². The van der Waals surface area contributed by atoms with Crippen molar-refractivity contribution in [1.82, 2.24) is 10.2 Å².